The Morgan fingerprint density at radius 3 is 2.44 bits per heavy atom. The molecule has 174 valence electrons. The average molecular weight is 456 g/mol. The molecule has 0 spiro atoms. The van der Waals surface area contributed by atoms with Crippen molar-refractivity contribution in [3.8, 4) is 0 Å². The molecule has 0 unspecified atom stereocenters. The summed E-state index contributed by atoms with van der Waals surface area (Å²) in [4.78, 5) is 19.6. The van der Waals surface area contributed by atoms with Crippen LogP contribution >= 0.6 is 11.6 Å². The number of benzene rings is 1. The van der Waals surface area contributed by atoms with E-state index in [1.165, 1.54) is 37.8 Å². The highest BCUT2D eigenvalue weighted by Gasteiger charge is 2.24. The highest BCUT2D eigenvalue weighted by Crippen LogP contribution is 2.24. The molecule has 0 radical (unpaired) electrons. The Labute approximate surface area is 199 Å². The van der Waals surface area contributed by atoms with Gasteiger partial charge in [0.15, 0.2) is 0 Å². The summed E-state index contributed by atoms with van der Waals surface area (Å²) < 4.78 is 0. The molecule has 0 atom stereocenters. The molecule has 1 heterocycles. The third-order valence-electron chi connectivity index (χ3n) is 6.90. The van der Waals surface area contributed by atoms with Crippen LogP contribution in [0.1, 0.15) is 55.8 Å². The molecule has 4 nitrogen and oxygen atoms in total. The minimum absolute atomic E-state index is 0.0133. The van der Waals surface area contributed by atoms with E-state index in [0.717, 1.165) is 37.7 Å². The molecule has 32 heavy (non-hydrogen) atoms. The van der Waals surface area contributed by atoms with Crippen LogP contribution in [0.15, 0.2) is 60.3 Å². The third kappa shape index (κ3) is 6.49. The monoisotopic (exact) mass is 455 g/mol. The second kappa shape index (κ2) is 12.3. The Bertz CT molecular complexity index is 835. The summed E-state index contributed by atoms with van der Waals surface area (Å²) >= 11 is 6.21. The summed E-state index contributed by atoms with van der Waals surface area (Å²) in [6, 6.07) is 8.10. The van der Waals surface area contributed by atoms with Crippen LogP contribution in [0.25, 0.3) is 0 Å². The maximum absolute atomic E-state index is 12.8. The van der Waals surface area contributed by atoms with Gasteiger partial charge < -0.3 is 14.7 Å². The first-order valence-corrected chi connectivity index (χ1v) is 12.4. The Balaban J connectivity index is 1.51. The van der Waals surface area contributed by atoms with Crippen molar-refractivity contribution in [3.05, 3.63) is 70.9 Å². The van der Waals surface area contributed by atoms with Crippen molar-refractivity contribution >= 4 is 17.5 Å². The summed E-state index contributed by atoms with van der Waals surface area (Å²) in [5.74, 6) is 0.0133. The predicted molar refractivity (Wildman–Crippen MR) is 135 cm³/mol. The lowest BCUT2D eigenvalue weighted by molar-refractivity contribution is 0.0673. The Morgan fingerprint density at radius 1 is 1.16 bits per heavy atom. The van der Waals surface area contributed by atoms with Crippen LogP contribution in [0.5, 0.6) is 0 Å². The van der Waals surface area contributed by atoms with Crippen molar-refractivity contribution in [2.24, 2.45) is 0 Å². The number of hydrogen-bond donors (Lipinski definition) is 0. The molecule has 1 aliphatic heterocycles. The van der Waals surface area contributed by atoms with Gasteiger partial charge in [-0.3, -0.25) is 4.79 Å². The van der Waals surface area contributed by atoms with Gasteiger partial charge in [-0.25, -0.2) is 0 Å². The molecular formula is C27H38ClN3O. The number of halogens is 1. The fourth-order valence-corrected chi connectivity index (χ4v) is 4.64. The number of hydrogen-bond acceptors (Lipinski definition) is 3. The highest BCUT2D eigenvalue weighted by molar-refractivity contribution is 6.33. The molecule has 2 fully saturated rings. The minimum atomic E-state index is 0.0133. The van der Waals surface area contributed by atoms with Crippen molar-refractivity contribution in [2.75, 3.05) is 39.8 Å². The van der Waals surface area contributed by atoms with Gasteiger partial charge in [0.1, 0.15) is 0 Å². The first kappa shape index (κ1) is 24.6. The van der Waals surface area contributed by atoms with Gasteiger partial charge in [0.05, 0.1) is 10.6 Å². The van der Waals surface area contributed by atoms with Gasteiger partial charge in [-0.2, -0.15) is 0 Å². The van der Waals surface area contributed by atoms with Gasteiger partial charge in [-0.05, 0) is 70.0 Å². The van der Waals surface area contributed by atoms with Crippen molar-refractivity contribution in [1.29, 1.82) is 0 Å². The van der Waals surface area contributed by atoms with Gasteiger partial charge >= 0.3 is 0 Å². The standard InChI is InChI=1S/C27H38ClN3O/c1-4-22(10-9-17-29(3)24-11-8-12-24)15-16-23(5-2)30-18-20-31(21-19-30)27(32)25-13-6-7-14-26(25)28/h5-7,13-16,24H,2,4,8-12,17-21H2,1,3H3/b22-15-,23-16+. The van der Waals surface area contributed by atoms with Crippen LogP contribution in [-0.4, -0.2) is 66.4 Å². The van der Waals surface area contributed by atoms with E-state index in [1.54, 1.807) is 12.1 Å². The second-order valence-corrected chi connectivity index (χ2v) is 9.31. The van der Waals surface area contributed by atoms with Crippen LogP contribution in [0, 0.1) is 0 Å². The Kier molecular flexibility index (Phi) is 9.43. The zero-order chi connectivity index (χ0) is 22.9. The topological polar surface area (TPSA) is 26.8 Å². The van der Waals surface area contributed by atoms with Crippen LogP contribution in [0.3, 0.4) is 0 Å². The SMILES string of the molecule is C=C/C(=C\C=C(\CC)CCCN(C)C1CCC1)N1CCN(C(=O)c2ccccc2Cl)CC1. The molecule has 1 aliphatic carbocycles. The molecular weight excluding hydrogens is 418 g/mol. The molecule has 0 aromatic heterocycles. The van der Waals surface area contributed by atoms with Crippen molar-refractivity contribution in [3.63, 3.8) is 0 Å². The Hall–Kier alpha value is -2.04. The molecule has 1 amide bonds. The number of nitrogens with zero attached hydrogens (tertiary/aromatic N) is 3. The lowest BCUT2D eigenvalue weighted by Crippen LogP contribution is -2.48. The van der Waals surface area contributed by atoms with E-state index in [0.29, 0.717) is 23.7 Å². The number of amides is 1. The summed E-state index contributed by atoms with van der Waals surface area (Å²) in [5.41, 5.74) is 3.20. The minimum Gasteiger partial charge on any atom is -0.368 e. The van der Waals surface area contributed by atoms with Crippen LogP contribution in [-0.2, 0) is 0 Å². The first-order chi connectivity index (χ1) is 15.5. The number of carbonyl (C=O) groups excluding carboxylic acids is 1. The van der Waals surface area contributed by atoms with E-state index in [2.05, 4.69) is 42.5 Å². The lowest BCUT2D eigenvalue weighted by atomic mass is 9.91. The van der Waals surface area contributed by atoms with Gasteiger partial charge in [0, 0.05) is 37.9 Å². The first-order valence-electron chi connectivity index (χ1n) is 12.0. The van der Waals surface area contributed by atoms with E-state index in [1.807, 2.05) is 23.1 Å². The molecule has 1 saturated carbocycles. The van der Waals surface area contributed by atoms with Gasteiger partial charge in [0.25, 0.3) is 5.91 Å². The summed E-state index contributed by atoms with van der Waals surface area (Å²) in [6.07, 6.45) is 14.0. The summed E-state index contributed by atoms with van der Waals surface area (Å²) in [5, 5.41) is 0.516. The molecule has 1 saturated heterocycles. The number of piperazine rings is 1. The summed E-state index contributed by atoms with van der Waals surface area (Å²) in [6.45, 7) is 10.4. The Morgan fingerprint density at radius 2 is 1.84 bits per heavy atom. The maximum atomic E-state index is 12.8. The van der Waals surface area contributed by atoms with Crippen molar-refractivity contribution < 1.29 is 4.79 Å². The van der Waals surface area contributed by atoms with E-state index >= 15 is 0 Å². The third-order valence-corrected chi connectivity index (χ3v) is 7.23. The fraction of sp³-hybridized carbons (Fsp3) is 0.519. The maximum Gasteiger partial charge on any atom is 0.255 e. The normalized spacial score (nSPS) is 18.1. The van der Waals surface area contributed by atoms with E-state index < -0.39 is 0 Å². The number of allylic oxidation sites excluding steroid dienone is 4. The zero-order valence-electron chi connectivity index (χ0n) is 19.7. The predicted octanol–water partition coefficient (Wildman–Crippen LogP) is 5.77. The zero-order valence-corrected chi connectivity index (χ0v) is 20.5. The average Bonchev–Trinajstić information content (AvgIpc) is 2.77. The van der Waals surface area contributed by atoms with Gasteiger partial charge in [-0.15, -0.1) is 0 Å². The largest absolute Gasteiger partial charge is 0.368 e. The van der Waals surface area contributed by atoms with Crippen LogP contribution in [0.4, 0.5) is 0 Å². The summed E-state index contributed by atoms with van der Waals surface area (Å²) in [7, 11) is 2.27. The van der Waals surface area contributed by atoms with Crippen molar-refractivity contribution in [1.82, 2.24) is 14.7 Å². The van der Waals surface area contributed by atoms with Crippen molar-refractivity contribution in [2.45, 2.75) is 51.5 Å². The second-order valence-electron chi connectivity index (χ2n) is 8.90. The highest BCUT2D eigenvalue weighted by atomic mass is 35.5. The van der Waals surface area contributed by atoms with Crippen LogP contribution in [0.2, 0.25) is 5.02 Å². The van der Waals surface area contributed by atoms with E-state index in [-0.39, 0.29) is 5.91 Å². The molecule has 0 bridgehead atoms. The van der Waals surface area contributed by atoms with Crippen LogP contribution < -0.4 is 0 Å². The van der Waals surface area contributed by atoms with E-state index in [4.69, 9.17) is 11.6 Å². The van der Waals surface area contributed by atoms with Gasteiger partial charge in [-0.1, -0.05) is 55.3 Å². The quantitative estimate of drug-likeness (QED) is 0.419. The lowest BCUT2D eigenvalue weighted by Gasteiger charge is -2.36. The van der Waals surface area contributed by atoms with E-state index in [9.17, 15) is 4.79 Å². The molecule has 2 aliphatic rings. The fourth-order valence-electron chi connectivity index (χ4n) is 4.42. The van der Waals surface area contributed by atoms with Gasteiger partial charge in [0.2, 0.25) is 0 Å². The molecule has 1 aromatic carbocycles. The number of carbonyl (C=O) groups is 1. The molecule has 3 rings (SSSR count). The molecule has 5 heteroatoms. The smallest absolute Gasteiger partial charge is 0.255 e. The molecule has 1 aromatic rings. The molecule has 0 N–H and O–H groups in total. The number of rotatable bonds is 10.